The van der Waals surface area contributed by atoms with Gasteiger partial charge in [0.25, 0.3) is 5.91 Å². The lowest BCUT2D eigenvalue weighted by Crippen LogP contribution is -2.25. The summed E-state index contributed by atoms with van der Waals surface area (Å²) >= 11 is 13.8. The molecule has 0 fully saturated rings. The predicted molar refractivity (Wildman–Crippen MR) is 108 cm³/mol. The number of carbonyl (C=O) groups excluding carboxylic acids is 1. The number of carbonyl (C=O) groups is 1. The molecular formula is C19H13Cl2N3O2S. The first-order valence-corrected chi connectivity index (χ1v) is 9.73. The Kier molecular flexibility index (Phi) is 5.11. The van der Waals surface area contributed by atoms with E-state index in [0.717, 1.165) is 10.3 Å². The van der Waals surface area contributed by atoms with Crippen LogP contribution < -0.4 is 5.32 Å². The van der Waals surface area contributed by atoms with E-state index >= 15 is 0 Å². The van der Waals surface area contributed by atoms with Crippen molar-refractivity contribution >= 4 is 50.5 Å². The monoisotopic (exact) mass is 417 g/mol. The standard InChI is InChI=1S/C19H13Cl2N3O2S/c20-12-7-4-8-13-15(12)16(21)17(27-13)19(25)22-10-9-14-23-18(24-26-14)11-5-2-1-3-6-11/h1-8H,9-10H2,(H,22,25). The molecule has 5 nitrogen and oxygen atoms in total. The third kappa shape index (κ3) is 3.69. The van der Waals surface area contributed by atoms with Gasteiger partial charge in [-0.25, -0.2) is 0 Å². The first-order chi connectivity index (χ1) is 13.1. The number of thiophene rings is 1. The smallest absolute Gasteiger partial charge is 0.262 e. The van der Waals surface area contributed by atoms with Crippen LogP contribution in [0.2, 0.25) is 10.0 Å². The number of nitrogens with zero attached hydrogens (tertiary/aromatic N) is 2. The van der Waals surface area contributed by atoms with Crippen LogP contribution in [0.25, 0.3) is 21.5 Å². The largest absolute Gasteiger partial charge is 0.351 e. The molecule has 0 unspecified atom stereocenters. The summed E-state index contributed by atoms with van der Waals surface area (Å²) in [4.78, 5) is 17.3. The third-order valence-corrected chi connectivity index (χ3v) is 5.90. The van der Waals surface area contributed by atoms with Crippen LogP contribution in [-0.2, 0) is 6.42 Å². The summed E-state index contributed by atoms with van der Waals surface area (Å²) in [6, 6.07) is 15.0. The minimum absolute atomic E-state index is 0.250. The number of hydrogen-bond acceptors (Lipinski definition) is 5. The maximum absolute atomic E-state index is 12.5. The van der Waals surface area contributed by atoms with Crippen LogP contribution in [-0.4, -0.2) is 22.6 Å². The van der Waals surface area contributed by atoms with Crippen LogP contribution in [0.3, 0.4) is 0 Å². The topological polar surface area (TPSA) is 68.0 Å². The van der Waals surface area contributed by atoms with Crippen molar-refractivity contribution in [3.05, 3.63) is 69.3 Å². The Morgan fingerprint density at radius 1 is 1.11 bits per heavy atom. The Bertz CT molecular complexity index is 1110. The first-order valence-electron chi connectivity index (χ1n) is 8.16. The van der Waals surface area contributed by atoms with Gasteiger partial charge in [0.2, 0.25) is 11.7 Å². The van der Waals surface area contributed by atoms with Crippen LogP contribution in [0.4, 0.5) is 0 Å². The average Bonchev–Trinajstić information content (AvgIpc) is 3.28. The van der Waals surface area contributed by atoms with Crippen LogP contribution in [0.15, 0.2) is 53.1 Å². The third-order valence-electron chi connectivity index (χ3n) is 3.94. The fraction of sp³-hybridized carbons (Fsp3) is 0.105. The number of benzene rings is 2. The van der Waals surface area contributed by atoms with Crippen molar-refractivity contribution in [2.24, 2.45) is 0 Å². The molecule has 0 aliphatic heterocycles. The molecule has 1 N–H and O–H groups in total. The highest BCUT2D eigenvalue weighted by Crippen LogP contribution is 2.39. The van der Waals surface area contributed by atoms with E-state index in [2.05, 4.69) is 15.5 Å². The summed E-state index contributed by atoms with van der Waals surface area (Å²) < 4.78 is 6.12. The molecule has 1 amide bonds. The highest BCUT2D eigenvalue weighted by atomic mass is 35.5. The van der Waals surface area contributed by atoms with Crippen LogP contribution in [0, 0.1) is 0 Å². The maximum Gasteiger partial charge on any atom is 0.262 e. The molecule has 0 saturated carbocycles. The van der Waals surface area contributed by atoms with Gasteiger partial charge >= 0.3 is 0 Å². The van der Waals surface area contributed by atoms with Gasteiger partial charge in [-0.2, -0.15) is 4.98 Å². The second-order valence-corrected chi connectivity index (χ2v) is 7.58. The molecule has 27 heavy (non-hydrogen) atoms. The number of aromatic nitrogens is 2. The van der Waals surface area contributed by atoms with Gasteiger partial charge < -0.3 is 9.84 Å². The summed E-state index contributed by atoms with van der Waals surface area (Å²) in [5.41, 5.74) is 0.880. The van der Waals surface area contributed by atoms with E-state index in [4.69, 9.17) is 27.7 Å². The SMILES string of the molecule is O=C(NCCc1nc(-c2ccccc2)no1)c1sc2cccc(Cl)c2c1Cl. The number of amides is 1. The Balaban J connectivity index is 1.41. The Labute approximate surface area is 168 Å². The molecule has 2 aromatic carbocycles. The fourth-order valence-corrected chi connectivity index (χ4v) is 4.51. The number of nitrogens with one attached hydrogen (secondary N) is 1. The molecule has 0 atom stereocenters. The normalized spacial score (nSPS) is 11.0. The minimum atomic E-state index is -0.250. The highest BCUT2D eigenvalue weighted by molar-refractivity contribution is 7.21. The van der Waals surface area contributed by atoms with E-state index < -0.39 is 0 Å². The lowest BCUT2D eigenvalue weighted by molar-refractivity contribution is 0.0957. The molecule has 0 aliphatic carbocycles. The molecule has 136 valence electrons. The van der Waals surface area contributed by atoms with E-state index in [9.17, 15) is 4.79 Å². The molecule has 0 aliphatic rings. The molecule has 0 spiro atoms. The summed E-state index contributed by atoms with van der Waals surface area (Å²) in [6.07, 6.45) is 0.425. The van der Waals surface area contributed by atoms with Crippen molar-refractivity contribution in [3.8, 4) is 11.4 Å². The Morgan fingerprint density at radius 3 is 2.70 bits per heavy atom. The van der Waals surface area contributed by atoms with Crippen LogP contribution in [0.1, 0.15) is 15.6 Å². The van der Waals surface area contributed by atoms with E-state index in [1.165, 1.54) is 11.3 Å². The summed E-state index contributed by atoms with van der Waals surface area (Å²) in [6.45, 7) is 0.355. The molecule has 2 aromatic heterocycles. The van der Waals surface area contributed by atoms with Gasteiger partial charge in [-0.1, -0.05) is 64.8 Å². The molecular weight excluding hydrogens is 405 g/mol. The molecule has 8 heteroatoms. The molecule has 0 saturated heterocycles. The van der Waals surface area contributed by atoms with Gasteiger partial charge in [-0.15, -0.1) is 11.3 Å². The second kappa shape index (κ2) is 7.68. The number of rotatable bonds is 5. The quantitative estimate of drug-likeness (QED) is 0.482. The van der Waals surface area contributed by atoms with Gasteiger partial charge in [0.05, 0.1) is 10.0 Å². The zero-order valence-electron chi connectivity index (χ0n) is 13.9. The van der Waals surface area contributed by atoms with Crippen molar-refractivity contribution < 1.29 is 9.32 Å². The number of hydrogen-bond donors (Lipinski definition) is 1. The van der Waals surface area contributed by atoms with Gasteiger partial charge in [0, 0.05) is 28.6 Å². The number of halogens is 2. The average molecular weight is 418 g/mol. The zero-order valence-corrected chi connectivity index (χ0v) is 16.2. The summed E-state index contributed by atoms with van der Waals surface area (Å²) in [5.74, 6) is 0.735. The summed E-state index contributed by atoms with van der Waals surface area (Å²) in [5, 5.41) is 8.42. The van der Waals surface area contributed by atoms with E-state index in [-0.39, 0.29) is 5.91 Å². The van der Waals surface area contributed by atoms with Gasteiger partial charge in [0.15, 0.2) is 0 Å². The van der Waals surface area contributed by atoms with Gasteiger partial charge in [-0.05, 0) is 12.1 Å². The van der Waals surface area contributed by atoms with Crippen LogP contribution in [0.5, 0.6) is 0 Å². The maximum atomic E-state index is 12.5. The molecule has 0 bridgehead atoms. The van der Waals surface area contributed by atoms with E-state index in [0.29, 0.717) is 45.0 Å². The lowest BCUT2D eigenvalue weighted by Gasteiger charge is -2.01. The highest BCUT2D eigenvalue weighted by Gasteiger charge is 2.19. The van der Waals surface area contributed by atoms with Gasteiger partial charge in [0.1, 0.15) is 4.88 Å². The van der Waals surface area contributed by atoms with Crippen molar-refractivity contribution in [1.82, 2.24) is 15.5 Å². The fourth-order valence-electron chi connectivity index (χ4n) is 2.64. The predicted octanol–water partition coefficient (Wildman–Crippen LogP) is 5.23. The lowest BCUT2D eigenvalue weighted by atomic mass is 10.2. The molecule has 0 radical (unpaired) electrons. The molecule has 4 aromatic rings. The second-order valence-electron chi connectivity index (χ2n) is 5.74. The first kappa shape index (κ1) is 18.0. The van der Waals surface area contributed by atoms with Crippen molar-refractivity contribution in [3.63, 3.8) is 0 Å². The zero-order chi connectivity index (χ0) is 18.8. The minimum Gasteiger partial charge on any atom is -0.351 e. The van der Waals surface area contributed by atoms with Crippen molar-refractivity contribution in [1.29, 1.82) is 0 Å². The Hall–Kier alpha value is -2.41. The van der Waals surface area contributed by atoms with E-state index in [1.807, 2.05) is 42.5 Å². The molecule has 2 heterocycles. The van der Waals surface area contributed by atoms with Crippen molar-refractivity contribution in [2.75, 3.05) is 6.54 Å². The van der Waals surface area contributed by atoms with E-state index in [1.54, 1.807) is 6.07 Å². The molecule has 4 rings (SSSR count). The van der Waals surface area contributed by atoms with Crippen molar-refractivity contribution in [2.45, 2.75) is 6.42 Å². The summed E-state index contributed by atoms with van der Waals surface area (Å²) in [7, 11) is 0. The number of fused-ring (bicyclic) bond motifs is 1. The Morgan fingerprint density at radius 2 is 1.93 bits per heavy atom. The van der Waals surface area contributed by atoms with Gasteiger partial charge in [-0.3, -0.25) is 4.79 Å². The van der Waals surface area contributed by atoms with Crippen LogP contribution >= 0.6 is 34.5 Å².